The molecule has 2 amide bonds. The predicted octanol–water partition coefficient (Wildman–Crippen LogP) is 3.41. The third-order valence-corrected chi connectivity index (χ3v) is 5.71. The van der Waals surface area contributed by atoms with Gasteiger partial charge in [0.25, 0.3) is 0 Å². The molecule has 3 heterocycles. The molecule has 2 aromatic carbocycles. The number of imidazole rings is 1. The van der Waals surface area contributed by atoms with Crippen LogP contribution in [0.5, 0.6) is 0 Å². The van der Waals surface area contributed by atoms with Crippen molar-refractivity contribution in [2.24, 2.45) is 5.92 Å². The number of furan rings is 1. The summed E-state index contributed by atoms with van der Waals surface area (Å²) in [5, 5.41) is 3.17. The van der Waals surface area contributed by atoms with Gasteiger partial charge in [0.15, 0.2) is 0 Å². The SMILES string of the molecule is O=C(NC(c1ccccc1)c1ccc2nc[nH]c2c1)C1CC(=O)N(Cc2ccco2)C1. The highest BCUT2D eigenvalue weighted by atomic mass is 16.3. The number of carbonyl (C=O) groups is 2. The first-order valence-corrected chi connectivity index (χ1v) is 10.3. The molecule has 156 valence electrons. The Bertz CT molecular complexity index is 1200. The second-order valence-electron chi connectivity index (χ2n) is 7.79. The zero-order valence-corrected chi connectivity index (χ0v) is 16.8. The largest absolute Gasteiger partial charge is 0.467 e. The fourth-order valence-electron chi connectivity index (χ4n) is 4.09. The Balaban J connectivity index is 1.36. The van der Waals surface area contributed by atoms with Crippen LogP contribution in [0.25, 0.3) is 11.0 Å². The molecule has 1 saturated heterocycles. The molecule has 7 heteroatoms. The van der Waals surface area contributed by atoms with Crippen LogP contribution in [0.1, 0.15) is 29.3 Å². The molecule has 7 nitrogen and oxygen atoms in total. The minimum Gasteiger partial charge on any atom is -0.467 e. The van der Waals surface area contributed by atoms with Crippen molar-refractivity contribution in [2.75, 3.05) is 6.54 Å². The van der Waals surface area contributed by atoms with Crippen LogP contribution in [-0.4, -0.2) is 33.2 Å². The van der Waals surface area contributed by atoms with Crippen LogP contribution in [-0.2, 0) is 16.1 Å². The molecule has 31 heavy (non-hydrogen) atoms. The third-order valence-electron chi connectivity index (χ3n) is 5.71. The van der Waals surface area contributed by atoms with Gasteiger partial charge in [-0.15, -0.1) is 0 Å². The number of rotatable bonds is 6. The molecule has 1 aliphatic rings. The van der Waals surface area contributed by atoms with Gasteiger partial charge in [-0.1, -0.05) is 36.4 Å². The Morgan fingerprint density at radius 1 is 1.16 bits per heavy atom. The summed E-state index contributed by atoms with van der Waals surface area (Å²) in [4.78, 5) is 34.7. The summed E-state index contributed by atoms with van der Waals surface area (Å²) in [5.41, 5.74) is 3.71. The lowest BCUT2D eigenvalue weighted by atomic mass is 9.97. The number of H-pyrrole nitrogens is 1. The standard InChI is InChI=1S/C24H22N4O3/c29-22-12-18(13-28(22)14-19-7-4-10-31-19)24(30)27-23(16-5-2-1-3-6-16)17-8-9-20-21(11-17)26-15-25-20/h1-11,15,18,23H,12-14H2,(H,25,26)(H,27,30). The fourth-order valence-corrected chi connectivity index (χ4v) is 4.09. The van der Waals surface area contributed by atoms with Crippen molar-refractivity contribution >= 4 is 22.8 Å². The van der Waals surface area contributed by atoms with Gasteiger partial charge in [0.1, 0.15) is 5.76 Å². The highest BCUT2D eigenvalue weighted by Crippen LogP contribution is 2.27. The van der Waals surface area contributed by atoms with E-state index in [1.54, 1.807) is 23.6 Å². The second kappa shape index (κ2) is 8.10. The van der Waals surface area contributed by atoms with E-state index in [1.165, 1.54) is 0 Å². The summed E-state index contributed by atoms with van der Waals surface area (Å²) in [7, 11) is 0. The molecule has 1 fully saturated rings. The van der Waals surface area contributed by atoms with Crippen LogP contribution in [0, 0.1) is 5.92 Å². The number of hydrogen-bond acceptors (Lipinski definition) is 4. The average Bonchev–Trinajstić information content (AvgIpc) is 3.54. The molecule has 2 aromatic heterocycles. The van der Waals surface area contributed by atoms with Crippen molar-refractivity contribution in [2.45, 2.75) is 19.0 Å². The maximum absolute atomic E-state index is 13.2. The van der Waals surface area contributed by atoms with Gasteiger partial charge in [0.05, 0.1) is 42.1 Å². The minimum atomic E-state index is -0.399. The van der Waals surface area contributed by atoms with Crippen molar-refractivity contribution < 1.29 is 14.0 Å². The molecule has 5 rings (SSSR count). The molecule has 2 N–H and O–H groups in total. The summed E-state index contributed by atoms with van der Waals surface area (Å²) >= 11 is 0. The van der Waals surface area contributed by atoms with Crippen LogP contribution in [0.4, 0.5) is 0 Å². The van der Waals surface area contributed by atoms with E-state index in [-0.39, 0.29) is 24.3 Å². The first kappa shape index (κ1) is 19.1. The van der Waals surface area contributed by atoms with Crippen LogP contribution >= 0.6 is 0 Å². The molecule has 0 saturated carbocycles. The number of aromatic nitrogens is 2. The normalized spacial score (nSPS) is 17.2. The van der Waals surface area contributed by atoms with Crippen molar-refractivity contribution in [3.05, 3.63) is 90.1 Å². The smallest absolute Gasteiger partial charge is 0.226 e. The minimum absolute atomic E-state index is 0.0355. The number of fused-ring (bicyclic) bond motifs is 1. The van der Waals surface area contributed by atoms with Gasteiger partial charge in [-0.05, 0) is 35.4 Å². The molecule has 4 aromatic rings. The summed E-state index contributed by atoms with van der Waals surface area (Å²) in [5.74, 6) is 0.148. The molecule has 2 atom stereocenters. The summed E-state index contributed by atoms with van der Waals surface area (Å²) in [6, 6.07) is 19.1. The van der Waals surface area contributed by atoms with E-state index < -0.39 is 5.92 Å². The van der Waals surface area contributed by atoms with E-state index in [0.29, 0.717) is 18.8 Å². The Morgan fingerprint density at radius 3 is 2.84 bits per heavy atom. The van der Waals surface area contributed by atoms with Gasteiger partial charge in [0.2, 0.25) is 11.8 Å². The highest BCUT2D eigenvalue weighted by Gasteiger charge is 2.35. The number of benzene rings is 2. The molecule has 0 spiro atoms. The molecule has 2 unspecified atom stereocenters. The third kappa shape index (κ3) is 3.94. The van der Waals surface area contributed by atoms with E-state index in [0.717, 1.165) is 22.2 Å². The predicted molar refractivity (Wildman–Crippen MR) is 115 cm³/mol. The molecule has 1 aliphatic heterocycles. The van der Waals surface area contributed by atoms with Crippen molar-refractivity contribution in [3.8, 4) is 0 Å². The molecular formula is C24H22N4O3. The van der Waals surface area contributed by atoms with E-state index in [2.05, 4.69) is 15.3 Å². The first-order chi connectivity index (χ1) is 15.2. The van der Waals surface area contributed by atoms with Crippen LogP contribution in [0.2, 0.25) is 0 Å². The number of nitrogens with one attached hydrogen (secondary N) is 2. The van der Waals surface area contributed by atoms with Gasteiger partial charge in [-0.25, -0.2) is 4.98 Å². The lowest BCUT2D eigenvalue weighted by molar-refractivity contribution is -0.129. The van der Waals surface area contributed by atoms with E-state index in [1.807, 2.05) is 54.6 Å². The fraction of sp³-hybridized carbons (Fsp3) is 0.208. The van der Waals surface area contributed by atoms with Gasteiger partial charge < -0.3 is 19.6 Å². The maximum Gasteiger partial charge on any atom is 0.226 e. The Kier molecular flexibility index (Phi) is 5.00. The first-order valence-electron chi connectivity index (χ1n) is 10.3. The number of likely N-dealkylation sites (tertiary alicyclic amines) is 1. The summed E-state index contributed by atoms with van der Waals surface area (Å²) < 4.78 is 5.35. The van der Waals surface area contributed by atoms with Gasteiger partial charge in [0, 0.05) is 13.0 Å². The molecular weight excluding hydrogens is 392 g/mol. The van der Waals surface area contributed by atoms with E-state index in [4.69, 9.17) is 4.42 Å². The Hall–Kier alpha value is -3.87. The van der Waals surface area contributed by atoms with Crippen LogP contribution in [0.15, 0.2) is 77.7 Å². The summed E-state index contributed by atoms with van der Waals surface area (Å²) in [6.45, 7) is 0.765. The monoisotopic (exact) mass is 414 g/mol. The molecule has 0 aliphatic carbocycles. The number of carbonyl (C=O) groups excluding carboxylic acids is 2. The van der Waals surface area contributed by atoms with Crippen molar-refractivity contribution in [3.63, 3.8) is 0 Å². The quantitative estimate of drug-likeness (QED) is 0.506. The second-order valence-corrected chi connectivity index (χ2v) is 7.79. The Morgan fingerprint density at radius 2 is 2.03 bits per heavy atom. The molecule has 0 radical (unpaired) electrons. The van der Waals surface area contributed by atoms with Gasteiger partial charge >= 0.3 is 0 Å². The topological polar surface area (TPSA) is 91.2 Å². The number of aromatic amines is 1. The Labute approximate surface area is 179 Å². The van der Waals surface area contributed by atoms with Crippen molar-refractivity contribution in [1.82, 2.24) is 20.2 Å². The van der Waals surface area contributed by atoms with Crippen molar-refractivity contribution in [1.29, 1.82) is 0 Å². The molecule has 0 bridgehead atoms. The van der Waals surface area contributed by atoms with Gasteiger partial charge in [-0.3, -0.25) is 9.59 Å². The number of hydrogen-bond donors (Lipinski definition) is 2. The van der Waals surface area contributed by atoms with Crippen LogP contribution in [0.3, 0.4) is 0 Å². The highest BCUT2D eigenvalue weighted by molar-refractivity contribution is 5.89. The van der Waals surface area contributed by atoms with E-state index >= 15 is 0 Å². The van der Waals surface area contributed by atoms with E-state index in [9.17, 15) is 9.59 Å². The zero-order chi connectivity index (χ0) is 21.2. The average molecular weight is 414 g/mol. The lowest BCUT2D eigenvalue weighted by Crippen LogP contribution is -2.36. The lowest BCUT2D eigenvalue weighted by Gasteiger charge is -2.22. The van der Waals surface area contributed by atoms with Gasteiger partial charge in [-0.2, -0.15) is 0 Å². The number of nitrogens with zero attached hydrogens (tertiary/aromatic N) is 2. The summed E-state index contributed by atoms with van der Waals surface area (Å²) in [6.07, 6.45) is 3.44. The zero-order valence-electron chi connectivity index (χ0n) is 16.8. The number of amides is 2. The maximum atomic E-state index is 13.2. The van der Waals surface area contributed by atoms with Crippen LogP contribution < -0.4 is 5.32 Å².